The molecule has 0 heterocycles. The van der Waals surface area contributed by atoms with Gasteiger partial charge in [-0.15, -0.1) is 0 Å². The van der Waals surface area contributed by atoms with Gasteiger partial charge in [0.2, 0.25) is 0 Å². The van der Waals surface area contributed by atoms with Gasteiger partial charge in [-0.2, -0.15) is 0 Å². The number of rotatable bonds is 3. The summed E-state index contributed by atoms with van der Waals surface area (Å²) in [6.45, 7) is 3.42. The third kappa shape index (κ3) is 2.18. The third-order valence-electron chi connectivity index (χ3n) is 2.34. The van der Waals surface area contributed by atoms with Gasteiger partial charge >= 0.3 is 0 Å². The monoisotopic (exact) mass is 244 g/mol. The van der Waals surface area contributed by atoms with Crippen molar-refractivity contribution in [3.8, 4) is 0 Å². The van der Waals surface area contributed by atoms with Gasteiger partial charge in [0.1, 0.15) is 0 Å². The summed E-state index contributed by atoms with van der Waals surface area (Å²) in [7, 11) is -0.955. The van der Waals surface area contributed by atoms with Crippen molar-refractivity contribution < 1.29 is 13.3 Å². The van der Waals surface area contributed by atoms with Gasteiger partial charge in [0.15, 0.2) is 0 Å². The fourth-order valence-corrected chi connectivity index (χ4v) is 3.00. The van der Waals surface area contributed by atoms with Gasteiger partial charge in [-0.25, -0.2) is 8.42 Å². The molecule has 0 aliphatic heterocycles. The summed E-state index contributed by atoms with van der Waals surface area (Å²) in [6, 6.07) is 3.26. The van der Waals surface area contributed by atoms with Gasteiger partial charge in [-0.05, 0) is 37.1 Å². The molecule has 0 aromatic heterocycles. The van der Waals surface area contributed by atoms with Crippen LogP contribution in [0.4, 0.5) is 5.69 Å². The number of sulfonamides is 1. The van der Waals surface area contributed by atoms with E-state index >= 15 is 0 Å². The van der Waals surface area contributed by atoms with Crippen LogP contribution in [0.3, 0.4) is 0 Å². The molecule has 0 aliphatic carbocycles. The molecular formula is C10H16N2O3S. The number of nitrogens with zero attached hydrogens (tertiary/aromatic N) is 1. The van der Waals surface area contributed by atoms with Crippen molar-refractivity contribution in [3.63, 3.8) is 0 Å². The van der Waals surface area contributed by atoms with Crippen molar-refractivity contribution in [2.75, 3.05) is 19.9 Å². The van der Waals surface area contributed by atoms with Crippen LogP contribution in [-0.2, 0) is 14.9 Å². The maximum atomic E-state index is 12.1. The number of anilines is 1. The second-order valence-electron chi connectivity index (χ2n) is 3.58. The number of aryl methyl sites for hydroxylation is 2. The molecule has 0 radical (unpaired) electrons. The Balaban J connectivity index is 3.45. The van der Waals surface area contributed by atoms with E-state index < -0.39 is 10.0 Å². The van der Waals surface area contributed by atoms with E-state index in [0.717, 1.165) is 4.47 Å². The lowest BCUT2D eigenvalue weighted by molar-refractivity contribution is -0.0259. The second kappa shape index (κ2) is 4.40. The molecule has 0 aliphatic rings. The van der Waals surface area contributed by atoms with Gasteiger partial charge in [0, 0.05) is 12.7 Å². The lowest BCUT2D eigenvalue weighted by atomic mass is 10.1. The highest BCUT2D eigenvalue weighted by molar-refractivity contribution is 7.89. The van der Waals surface area contributed by atoms with Crippen LogP contribution in [0.5, 0.6) is 0 Å². The Morgan fingerprint density at radius 1 is 1.25 bits per heavy atom. The number of hydrogen-bond donors (Lipinski definition) is 1. The van der Waals surface area contributed by atoms with Gasteiger partial charge in [-0.3, -0.25) is 4.84 Å². The van der Waals surface area contributed by atoms with E-state index in [9.17, 15) is 8.42 Å². The van der Waals surface area contributed by atoms with Crippen molar-refractivity contribution in [2.45, 2.75) is 18.7 Å². The van der Waals surface area contributed by atoms with E-state index in [-0.39, 0.29) is 4.90 Å². The Bertz CT molecular complexity index is 474. The first-order chi connectivity index (χ1) is 7.30. The van der Waals surface area contributed by atoms with Crippen LogP contribution in [0.1, 0.15) is 11.1 Å². The molecule has 1 aromatic rings. The van der Waals surface area contributed by atoms with Crippen LogP contribution in [-0.4, -0.2) is 27.0 Å². The molecule has 0 atom stereocenters. The summed E-state index contributed by atoms with van der Waals surface area (Å²) in [5, 5.41) is 0. The lowest BCUT2D eigenvalue weighted by Crippen LogP contribution is -2.27. The van der Waals surface area contributed by atoms with Crippen LogP contribution in [0.15, 0.2) is 17.0 Å². The van der Waals surface area contributed by atoms with Crippen molar-refractivity contribution in [2.24, 2.45) is 0 Å². The fraction of sp³-hybridized carbons (Fsp3) is 0.400. The molecule has 0 saturated heterocycles. The van der Waals surface area contributed by atoms with Crippen molar-refractivity contribution >= 4 is 15.7 Å². The number of nitrogen functional groups attached to an aromatic ring is 1. The molecule has 0 saturated carbocycles. The van der Waals surface area contributed by atoms with Gasteiger partial charge in [0.25, 0.3) is 10.0 Å². The maximum Gasteiger partial charge on any atom is 0.265 e. The first kappa shape index (κ1) is 13.0. The summed E-state index contributed by atoms with van der Waals surface area (Å²) >= 11 is 0. The third-order valence-corrected chi connectivity index (χ3v) is 4.32. The van der Waals surface area contributed by atoms with Gasteiger partial charge < -0.3 is 5.73 Å². The molecule has 1 rings (SSSR count). The molecule has 0 fully saturated rings. The Morgan fingerprint density at radius 2 is 1.69 bits per heavy atom. The van der Waals surface area contributed by atoms with E-state index in [0.29, 0.717) is 16.8 Å². The highest BCUT2D eigenvalue weighted by atomic mass is 32.2. The summed E-state index contributed by atoms with van der Waals surface area (Å²) in [5.41, 5.74) is 7.42. The Kier molecular flexibility index (Phi) is 3.57. The van der Waals surface area contributed by atoms with Crippen LogP contribution in [0, 0.1) is 13.8 Å². The van der Waals surface area contributed by atoms with Gasteiger partial charge in [-0.1, -0.05) is 4.47 Å². The minimum Gasteiger partial charge on any atom is -0.399 e. The maximum absolute atomic E-state index is 12.1. The van der Waals surface area contributed by atoms with Crippen LogP contribution >= 0.6 is 0 Å². The topological polar surface area (TPSA) is 72.6 Å². The first-order valence-electron chi connectivity index (χ1n) is 4.70. The zero-order valence-electron chi connectivity index (χ0n) is 9.81. The van der Waals surface area contributed by atoms with E-state index in [1.165, 1.54) is 14.2 Å². The molecule has 5 nitrogen and oxygen atoms in total. The predicted molar refractivity (Wildman–Crippen MR) is 62.3 cm³/mol. The van der Waals surface area contributed by atoms with Crippen molar-refractivity contribution in [1.29, 1.82) is 0 Å². The normalized spacial score (nSPS) is 12.1. The summed E-state index contributed by atoms with van der Waals surface area (Å²) in [6.07, 6.45) is 0. The molecule has 0 amide bonds. The Labute approximate surface area is 95.8 Å². The number of hydrogen-bond acceptors (Lipinski definition) is 4. The number of nitrogens with two attached hydrogens (primary N) is 1. The fourth-order valence-electron chi connectivity index (χ4n) is 1.62. The van der Waals surface area contributed by atoms with Crippen LogP contribution in [0.25, 0.3) is 0 Å². The highest BCUT2D eigenvalue weighted by Crippen LogP contribution is 2.25. The zero-order chi connectivity index (χ0) is 12.5. The van der Waals surface area contributed by atoms with Crippen molar-refractivity contribution in [1.82, 2.24) is 4.47 Å². The van der Waals surface area contributed by atoms with E-state index in [1.807, 2.05) is 0 Å². The second-order valence-corrected chi connectivity index (χ2v) is 5.45. The molecule has 1 aromatic carbocycles. The smallest absolute Gasteiger partial charge is 0.265 e. The summed E-state index contributed by atoms with van der Waals surface area (Å²) in [4.78, 5) is 4.97. The van der Waals surface area contributed by atoms with Crippen LogP contribution in [0.2, 0.25) is 0 Å². The predicted octanol–water partition coefficient (Wildman–Crippen LogP) is 1.07. The average Bonchev–Trinajstić information content (AvgIpc) is 2.14. The van der Waals surface area contributed by atoms with E-state index in [2.05, 4.69) is 0 Å². The minimum absolute atomic E-state index is 0.242. The molecule has 0 bridgehead atoms. The molecule has 0 spiro atoms. The molecule has 2 N–H and O–H groups in total. The highest BCUT2D eigenvalue weighted by Gasteiger charge is 2.25. The summed E-state index contributed by atoms with van der Waals surface area (Å²) in [5.74, 6) is 0. The van der Waals surface area contributed by atoms with Crippen LogP contribution < -0.4 is 5.73 Å². The van der Waals surface area contributed by atoms with Gasteiger partial charge in [0.05, 0.1) is 12.0 Å². The van der Waals surface area contributed by atoms with E-state index in [4.69, 9.17) is 10.6 Å². The largest absolute Gasteiger partial charge is 0.399 e. The molecular weight excluding hydrogens is 228 g/mol. The average molecular weight is 244 g/mol. The van der Waals surface area contributed by atoms with Crippen molar-refractivity contribution in [3.05, 3.63) is 23.3 Å². The quantitative estimate of drug-likeness (QED) is 0.637. The molecule has 16 heavy (non-hydrogen) atoms. The first-order valence-corrected chi connectivity index (χ1v) is 6.14. The molecule has 0 unspecified atom stereocenters. The summed E-state index contributed by atoms with van der Waals surface area (Å²) < 4.78 is 25.0. The SMILES string of the molecule is CON(C)S(=O)(=O)c1c(C)cc(N)cc1C. The Morgan fingerprint density at radius 3 is 2.06 bits per heavy atom. The number of hydroxylamine groups is 1. The minimum atomic E-state index is -3.61. The number of benzene rings is 1. The lowest BCUT2D eigenvalue weighted by Gasteiger charge is -2.18. The molecule has 6 heteroatoms. The Hall–Kier alpha value is -1.11. The molecule has 90 valence electrons. The zero-order valence-corrected chi connectivity index (χ0v) is 10.6. The standard InChI is InChI=1S/C10H16N2O3S/c1-7-5-9(11)6-8(2)10(7)16(13,14)12(3)15-4/h5-6H,11H2,1-4H3. The van der Waals surface area contributed by atoms with E-state index in [1.54, 1.807) is 26.0 Å².